The minimum Gasteiger partial charge on any atom is -0.495 e. The molecule has 0 radical (unpaired) electrons. The number of rotatable bonds is 8. The fourth-order valence-corrected chi connectivity index (χ4v) is 4.15. The van der Waals surface area contributed by atoms with Crippen molar-refractivity contribution in [2.24, 2.45) is 0 Å². The van der Waals surface area contributed by atoms with Gasteiger partial charge in [-0.2, -0.15) is 4.31 Å². The second-order valence-corrected chi connectivity index (χ2v) is 7.41. The zero-order valence-corrected chi connectivity index (χ0v) is 15.9. The molecule has 7 nitrogen and oxygen atoms in total. The number of sulfonamides is 1. The molecule has 1 aromatic carbocycles. The Balaban J connectivity index is 2.29. The van der Waals surface area contributed by atoms with E-state index in [1.807, 2.05) is 6.07 Å². The van der Waals surface area contributed by atoms with E-state index in [2.05, 4.69) is 10.3 Å². The first-order valence-corrected chi connectivity index (χ1v) is 9.73. The second-order valence-electron chi connectivity index (χ2n) is 5.50. The van der Waals surface area contributed by atoms with E-state index in [4.69, 9.17) is 4.74 Å². The lowest BCUT2D eigenvalue weighted by Gasteiger charge is -2.20. The highest BCUT2D eigenvalue weighted by Gasteiger charge is 2.26. The van der Waals surface area contributed by atoms with E-state index >= 15 is 0 Å². The Bertz CT molecular complexity index is 850. The first-order chi connectivity index (χ1) is 12.4. The second kappa shape index (κ2) is 8.77. The summed E-state index contributed by atoms with van der Waals surface area (Å²) in [6, 6.07) is 8.01. The quantitative estimate of drug-likeness (QED) is 0.761. The van der Waals surface area contributed by atoms with Crippen LogP contribution < -0.4 is 10.1 Å². The van der Waals surface area contributed by atoms with Gasteiger partial charge in [0.15, 0.2) is 0 Å². The van der Waals surface area contributed by atoms with E-state index < -0.39 is 10.0 Å². The number of ether oxygens (including phenoxy) is 1. The van der Waals surface area contributed by atoms with E-state index in [1.165, 1.54) is 23.5 Å². The number of hydrogen-bond acceptors (Lipinski definition) is 5. The molecule has 0 saturated heterocycles. The Hall–Kier alpha value is -2.45. The van der Waals surface area contributed by atoms with E-state index in [0.29, 0.717) is 19.6 Å². The lowest BCUT2D eigenvalue weighted by atomic mass is 10.2. The smallest absolute Gasteiger partial charge is 0.251 e. The fourth-order valence-electron chi connectivity index (χ4n) is 2.51. The minimum absolute atomic E-state index is 0.0160. The van der Waals surface area contributed by atoms with Crippen molar-refractivity contribution < 1.29 is 17.9 Å². The van der Waals surface area contributed by atoms with Crippen LogP contribution in [-0.2, 0) is 16.6 Å². The zero-order chi connectivity index (χ0) is 19.2. The third-order valence-corrected chi connectivity index (χ3v) is 6.00. The molecule has 0 aliphatic heterocycles. The molecule has 0 aliphatic rings. The van der Waals surface area contributed by atoms with Crippen LogP contribution in [-0.4, -0.2) is 43.8 Å². The molecule has 0 saturated carbocycles. The zero-order valence-electron chi connectivity index (χ0n) is 15.1. The van der Waals surface area contributed by atoms with Crippen molar-refractivity contribution in [2.75, 3.05) is 20.2 Å². The maximum absolute atomic E-state index is 12.8. The molecule has 2 aromatic rings. The summed E-state index contributed by atoms with van der Waals surface area (Å²) in [5.74, 6) is -0.159. The minimum atomic E-state index is -3.75. The highest BCUT2D eigenvalue weighted by atomic mass is 32.2. The molecule has 0 unspecified atom stereocenters. The number of carbonyl (C=O) groups excluding carboxylic acids is 1. The Morgan fingerprint density at radius 3 is 2.54 bits per heavy atom. The molecule has 0 spiro atoms. The van der Waals surface area contributed by atoms with E-state index in [0.717, 1.165) is 5.56 Å². The van der Waals surface area contributed by atoms with Gasteiger partial charge >= 0.3 is 0 Å². The summed E-state index contributed by atoms with van der Waals surface area (Å²) in [6.45, 7) is 4.49. The topological polar surface area (TPSA) is 88.6 Å². The number of pyridine rings is 1. The van der Waals surface area contributed by atoms with E-state index in [1.54, 1.807) is 38.4 Å². The first-order valence-electron chi connectivity index (χ1n) is 8.29. The molecule has 0 fully saturated rings. The maximum Gasteiger partial charge on any atom is 0.251 e. The average molecular weight is 377 g/mol. The van der Waals surface area contributed by atoms with Gasteiger partial charge in [-0.1, -0.05) is 19.9 Å². The molecule has 1 aromatic heterocycles. The number of methoxy groups -OCH3 is 1. The van der Waals surface area contributed by atoms with Crippen LogP contribution in [0.25, 0.3) is 0 Å². The van der Waals surface area contributed by atoms with Gasteiger partial charge in [0.1, 0.15) is 10.6 Å². The van der Waals surface area contributed by atoms with E-state index in [9.17, 15) is 13.2 Å². The van der Waals surface area contributed by atoms with Crippen molar-refractivity contribution in [2.45, 2.75) is 25.3 Å². The molecule has 1 N–H and O–H groups in total. The Kier molecular flexibility index (Phi) is 6.70. The summed E-state index contributed by atoms with van der Waals surface area (Å²) in [4.78, 5) is 16.4. The van der Waals surface area contributed by atoms with Crippen molar-refractivity contribution in [1.82, 2.24) is 14.6 Å². The highest BCUT2D eigenvalue weighted by molar-refractivity contribution is 7.89. The SMILES string of the molecule is CCN(CC)S(=O)(=O)c1cc(C(=O)NCc2cccnc2)ccc1OC. The molecule has 8 heteroatoms. The average Bonchev–Trinajstić information content (AvgIpc) is 2.67. The monoisotopic (exact) mass is 377 g/mol. The maximum atomic E-state index is 12.8. The third kappa shape index (κ3) is 4.39. The molecular formula is C18H23N3O4S. The Morgan fingerprint density at radius 1 is 1.23 bits per heavy atom. The summed E-state index contributed by atoms with van der Waals surface area (Å²) in [6.07, 6.45) is 3.31. The highest BCUT2D eigenvalue weighted by Crippen LogP contribution is 2.27. The molecule has 0 bridgehead atoms. The van der Waals surface area contributed by atoms with Crippen LogP contribution in [0.15, 0.2) is 47.6 Å². The van der Waals surface area contributed by atoms with Crippen molar-refractivity contribution in [1.29, 1.82) is 0 Å². The van der Waals surface area contributed by atoms with E-state index in [-0.39, 0.29) is 22.1 Å². The first kappa shape index (κ1) is 19.9. The van der Waals surface area contributed by atoms with Crippen molar-refractivity contribution in [3.8, 4) is 5.75 Å². The summed E-state index contributed by atoms with van der Waals surface area (Å²) in [5.41, 5.74) is 1.10. The van der Waals surface area contributed by atoms with Crippen LogP contribution in [0.3, 0.4) is 0 Å². The van der Waals surface area contributed by atoms with Gasteiger partial charge in [-0.25, -0.2) is 8.42 Å². The molecule has 140 valence electrons. The Morgan fingerprint density at radius 2 is 1.96 bits per heavy atom. The lowest BCUT2D eigenvalue weighted by molar-refractivity contribution is 0.0950. The van der Waals surface area contributed by atoms with Gasteiger partial charge in [-0.05, 0) is 29.8 Å². The van der Waals surface area contributed by atoms with Gasteiger partial charge in [0.05, 0.1) is 7.11 Å². The number of nitrogens with one attached hydrogen (secondary N) is 1. The van der Waals surface area contributed by atoms with Gasteiger partial charge in [0.2, 0.25) is 10.0 Å². The number of amides is 1. The van der Waals surface area contributed by atoms with Crippen LogP contribution >= 0.6 is 0 Å². The largest absolute Gasteiger partial charge is 0.495 e. The standard InChI is InChI=1S/C18H23N3O4S/c1-4-21(5-2)26(23,24)17-11-15(8-9-16(17)25-3)18(22)20-13-14-7-6-10-19-12-14/h6-12H,4-5,13H2,1-3H3,(H,20,22). The van der Waals surface area contributed by atoms with Crippen LogP contribution in [0.5, 0.6) is 5.75 Å². The summed E-state index contributed by atoms with van der Waals surface area (Å²) in [7, 11) is -2.35. The van der Waals surface area contributed by atoms with Crippen LogP contribution in [0.4, 0.5) is 0 Å². The molecule has 0 aliphatic carbocycles. The van der Waals surface area contributed by atoms with Crippen LogP contribution in [0.1, 0.15) is 29.8 Å². The van der Waals surface area contributed by atoms with Gasteiger partial charge in [-0.15, -0.1) is 0 Å². The van der Waals surface area contributed by atoms with Gasteiger partial charge in [0, 0.05) is 37.6 Å². The number of carbonyl (C=O) groups is 1. The van der Waals surface area contributed by atoms with Crippen molar-refractivity contribution in [3.63, 3.8) is 0 Å². The van der Waals surface area contributed by atoms with Crippen LogP contribution in [0.2, 0.25) is 0 Å². The molecule has 2 rings (SSSR count). The number of benzene rings is 1. The molecule has 26 heavy (non-hydrogen) atoms. The lowest BCUT2D eigenvalue weighted by Crippen LogP contribution is -2.31. The fraction of sp³-hybridized carbons (Fsp3) is 0.333. The normalized spacial score (nSPS) is 11.4. The summed E-state index contributed by atoms with van der Waals surface area (Å²) >= 11 is 0. The molecule has 0 atom stereocenters. The van der Waals surface area contributed by atoms with Gasteiger partial charge in [0.25, 0.3) is 5.91 Å². The predicted molar refractivity (Wildman–Crippen MR) is 98.5 cm³/mol. The third-order valence-electron chi connectivity index (χ3n) is 3.92. The van der Waals surface area contributed by atoms with Crippen molar-refractivity contribution in [3.05, 3.63) is 53.9 Å². The van der Waals surface area contributed by atoms with Crippen LogP contribution in [0, 0.1) is 0 Å². The number of aromatic nitrogens is 1. The number of nitrogens with zero attached hydrogens (tertiary/aromatic N) is 2. The predicted octanol–water partition coefficient (Wildman–Crippen LogP) is 2.05. The molecule has 1 amide bonds. The van der Waals surface area contributed by atoms with Gasteiger partial charge in [-0.3, -0.25) is 9.78 Å². The number of hydrogen-bond donors (Lipinski definition) is 1. The van der Waals surface area contributed by atoms with Gasteiger partial charge < -0.3 is 10.1 Å². The summed E-state index contributed by atoms with van der Waals surface area (Å²) in [5, 5.41) is 2.76. The molecule has 1 heterocycles. The Labute approximate surface area is 154 Å². The molecular weight excluding hydrogens is 354 g/mol. The summed E-state index contributed by atoms with van der Waals surface area (Å²) < 4.78 is 32.2. The van der Waals surface area contributed by atoms with Crippen molar-refractivity contribution >= 4 is 15.9 Å².